The summed E-state index contributed by atoms with van der Waals surface area (Å²) in [5.74, 6) is -5.14. The number of piperidine rings is 1. The lowest BCUT2D eigenvalue weighted by atomic mass is 9.77. The largest absolute Gasteiger partial charge is 0.586 e. The Hall–Kier alpha value is -4.99. The number of nitrogens with zero attached hydrogens (tertiary/aromatic N) is 1. The monoisotopic (exact) mass is 665 g/mol. The highest BCUT2D eigenvalue weighted by Gasteiger charge is 2.45. The number of halogens is 6. The summed E-state index contributed by atoms with van der Waals surface area (Å²) in [6.45, 7) is 2.29. The van der Waals surface area contributed by atoms with Crippen LogP contribution >= 0.6 is 0 Å². The molecule has 2 saturated heterocycles. The standard InChI is InChI=1S/C31H25F6N3O7/c1-44-23-5-2-16(28(43)40-8-6-29(7-9-40)14-45-15-29)10-19(23)27(42)39-22-13-25-24(46-31(36,37)47-25)12-18(22)26(41)38-17-3-4-21(32)20(11-17)30(33,34)35/h2-5,10-13H,6-9,14-15H2,1H3,(H,38,41)(H,39,42). The van der Waals surface area contributed by atoms with E-state index >= 15 is 0 Å². The van der Waals surface area contributed by atoms with Gasteiger partial charge in [0.1, 0.15) is 11.6 Å². The molecule has 0 saturated carbocycles. The minimum absolute atomic E-state index is 0.0348. The summed E-state index contributed by atoms with van der Waals surface area (Å²) in [5.41, 5.74) is -2.98. The molecule has 0 radical (unpaired) electrons. The maximum atomic E-state index is 13.9. The summed E-state index contributed by atoms with van der Waals surface area (Å²) in [5, 5.41) is 4.54. The third-order valence-electron chi connectivity index (χ3n) is 8.18. The van der Waals surface area contributed by atoms with Crippen LogP contribution in [0.1, 0.15) is 49.5 Å². The number of carbonyl (C=O) groups excluding carboxylic acids is 3. The van der Waals surface area contributed by atoms with Gasteiger partial charge in [-0.3, -0.25) is 14.4 Å². The SMILES string of the molecule is COc1ccc(C(=O)N2CCC3(CC2)COC3)cc1C(=O)Nc1cc2c(cc1C(=O)Nc1ccc(F)c(C(F)(F)F)c1)OC(F)(F)O2. The molecule has 2 N–H and O–H groups in total. The van der Waals surface area contributed by atoms with E-state index in [2.05, 4.69) is 20.1 Å². The molecule has 3 amide bonds. The molecule has 0 atom stereocenters. The number of rotatable bonds is 6. The van der Waals surface area contributed by atoms with Crippen molar-refractivity contribution in [2.24, 2.45) is 5.41 Å². The average Bonchev–Trinajstić information content (AvgIpc) is 3.32. The zero-order chi connectivity index (χ0) is 33.7. The summed E-state index contributed by atoms with van der Waals surface area (Å²) in [6.07, 6.45) is -7.66. The topological polar surface area (TPSA) is 115 Å². The number of fused-ring (bicyclic) bond motifs is 1. The van der Waals surface area contributed by atoms with Crippen molar-refractivity contribution in [2.75, 3.05) is 44.0 Å². The Kier molecular flexibility index (Phi) is 7.94. The number of hydrogen-bond donors (Lipinski definition) is 2. The molecule has 248 valence electrons. The van der Waals surface area contributed by atoms with Gasteiger partial charge in [0, 0.05) is 35.8 Å². The molecule has 3 aliphatic rings. The van der Waals surface area contributed by atoms with Crippen molar-refractivity contribution >= 4 is 29.1 Å². The summed E-state index contributed by atoms with van der Waals surface area (Å²) < 4.78 is 101. The van der Waals surface area contributed by atoms with Crippen molar-refractivity contribution in [1.29, 1.82) is 0 Å². The van der Waals surface area contributed by atoms with Crippen LogP contribution in [0.4, 0.5) is 37.7 Å². The van der Waals surface area contributed by atoms with E-state index in [1.165, 1.54) is 25.3 Å². The predicted molar refractivity (Wildman–Crippen MR) is 151 cm³/mol. The van der Waals surface area contributed by atoms with E-state index in [1.807, 2.05) is 0 Å². The molecule has 3 heterocycles. The number of amides is 3. The van der Waals surface area contributed by atoms with Crippen LogP contribution in [-0.2, 0) is 10.9 Å². The van der Waals surface area contributed by atoms with Gasteiger partial charge in [0.15, 0.2) is 11.5 Å². The number of anilines is 2. The number of ether oxygens (including phenoxy) is 4. The predicted octanol–water partition coefficient (Wildman–Crippen LogP) is 5.93. The number of hydrogen-bond acceptors (Lipinski definition) is 7. The maximum absolute atomic E-state index is 13.9. The second-order valence-corrected chi connectivity index (χ2v) is 11.3. The van der Waals surface area contributed by atoms with Crippen LogP contribution in [0.15, 0.2) is 48.5 Å². The van der Waals surface area contributed by atoms with Gasteiger partial charge in [-0.1, -0.05) is 0 Å². The van der Waals surface area contributed by atoms with Crippen LogP contribution < -0.4 is 24.8 Å². The smallest absolute Gasteiger partial charge is 0.496 e. The highest BCUT2D eigenvalue weighted by atomic mass is 19.4. The van der Waals surface area contributed by atoms with Gasteiger partial charge in [0.2, 0.25) is 0 Å². The first kappa shape index (κ1) is 32.0. The zero-order valence-corrected chi connectivity index (χ0v) is 24.4. The number of methoxy groups -OCH3 is 1. The van der Waals surface area contributed by atoms with Crippen molar-refractivity contribution < 1.29 is 59.7 Å². The van der Waals surface area contributed by atoms with E-state index in [0.717, 1.165) is 31.0 Å². The zero-order valence-electron chi connectivity index (χ0n) is 24.4. The molecule has 0 aromatic heterocycles. The molecule has 6 rings (SSSR count). The Balaban J connectivity index is 1.28. The van der Waals surface area contributed by atoms with E-state index in [0.29, 0.717) is 38.4 Å². The Morgan fingerprint density at radius 3 is 2.15 bits per heavy atom. The molecule has 3 aromatic carbocycles. The molecule has 0 unspecified atom stereocenters. The number of carbonyl (C=O) groups is 3. The molecule has 3 aliphatic heterocycles. The van der Waals surface area contributed by atoms with E-state index in [4.69, 9.17) is 9.47 Å². The van der Waals surface area contributed by atoms with Crippen molar-refractivity contribution in [2.45, 2.75) is 25.3 Å². The first-order valence-electron chi connectivity index (χ1n) is 14.2. The second kappa shape index (κ2) is 11.7. The van der Waals surface area contributed by atoms with Crippen LogP contribution in [-0.4, -0.2) is 62.3 Å². The van der Waals surface area contributed by atoms with Crippen molar-refractivity contribution in [3.63, 3.8) is 0 Å². The number of alkyl halides is 5. The molecular weight excluding hydrogens is 640 g/mol. The van der Waals surface area contributed by atoms with Gasteiger partial charge in [0.05, 0.1) is 42.7 Å². The van der Waals surface area contributed by atoms with Crippen LogP contribution in [0.3, 0.4) is 0 Å². The first-order chi connectivity index (χ1) is 22.2. The van der Waals surface area contributed by atoms with Crippen LogP contribution in [0.25, 0.3) is 0 Å². The summed E-state index contributed by atoms with van der Waals surface area (Å²) in [4.78, 5) is 41.8. The summed E-state index contributed by atoms with van der Waals surface area (Å²) in [7, 11) is 1.28. The van der Waals surface area contributed by atoms with E-state index in [-0.39, 0.29) is 28.2 Å². The molecule has 47 heavy (non-hydrogen) atoms. The second-order valence-electron chi connectivity index (χ2n) is 11.3. The molecule has 16 heteroatoms. The molecule has 10 nitrogen and oxygen atoms in total. The van der Waals surface area contributed by atoms with Gasteiger partial charge in [0.25, 0.3) is 17.7 Å². The lowest BCUT2D eigenvalue weighted by Gasteiger charge is -2.47. The minimum Gasteiger partial charge on any atom is -0.496 e. The van der Waals surface area contributed by atoms with E-state index < -0.39 is 64.1 Å². The van der Waals surface area contributed by atoms with E-state index in [9.17, 15) is 40.7 Å². The number of nitrogens with one attached hydrogen (secondary N) is 2. The third kappa shape index (κ3) is 6.37. The Morgan fingerprint density at radius 2 is 1.53 bits per heavy atom. The van der Waals surface area contributed by atoms with E-state index in [1.54, 1.807) is 4.90 Å². The maximum Gasteiger partial charge on any atom is 0.586 e. The van der Waals surface area contributed by atoms with Gasteiger partial charge < -0.3 is 34.5 Å². The molecule has 3 aromatic rings. The lowest BCUT2D eigenvalue weighted by Crippen LogP contribution is -2.52. The lowest BCUT2D eigenvalue weighted by molar-refractivity contribution is -0.286. The van der Waals surface area contributed by atoms with Crippen LogP contribution in [0.5, 0.6) is 17.2 Å². The van der Waals surface area contributed by atoms with Crippen molar-refractivity contribution in [1.82, 2.24) is 4.90 Å². The van der Waals surface area contributed by atoms with Gasteiger partial charge in [-0.05, 0) is 55.3 Å². The van der Waals surface area contributed by atoms with Gasteiger partial charge in [-0.25, -0.2) is 4.39 Å². The Labute approximate surface area is 262 Å². The first-order valence-corrected chi connectivity index (χ1v) is 14.2. The number of likely N-dealkylation sites (tertiary alicyclic amines) is 1. The minimum atomic E-state index is -5.08. The summed E-state index contributed by atoms with van der Waals surface area (Å²) >= 11 is 0. The van der Waals surface area contributed by atoms with Gasteiger partial charge in [-0.15, -0.1) is 8.78 Å². The fourth-order valence-corrected chi connectivity index (χ4v) is 5.56. The van der Waals surface area contributed by atoms with Crippen molar-refractivity contribution in [3.05, 3.63) is 76.6 Å². The van der Waals surface area contributed by atoms with Crippen molar-refractivity contribution in [3.8, 4) is 17.2 Å². The molecule has 0 bridgehead atoms. The molecular formula is C31H25F6N3O7. The highest BCUT2D eigenvalue weighted by molar-refractivity contribution is 6.14. The number of benzene rings is 3. The third-order valence-corrected chi connectivity index (χ3v) is 8.18. The molecule has 0 aliphatic carbocycles. The molecule has 1 spiro atoms. The Bertz CT molecular complexity index is 1770. The van der Waals surface area contributed by atoms with Gasteiger partial charge in [-0.2, -0.15) is 13.2 Å². The quantitative estimate of drug-likeness (QED) is 0.314. The molecule has 2 fully saturated rings. The average molecular weight is 666 g/mol. The normalized spacial score (nSPS) is 17.6. The fourth-order valence-electron chi connectivity index (χ4n) is 5.56. The Morgan fingerprint density at radius 1 is 0.872 bits per heavy atom. The summed E-state index contributed by atoms with van der Waals surface area (Å²) in [6, 6.07) is 7.52. The van der Waals surface area contributed by atoms with Crippen LogP contribution in [0.2, 0.25) is 0 Å². The highest BCUT2D eigenvalue weighted by Crippen LogP contribution is 2.44. The van der Waals surface area contributed by atoms with Gasteiger partial charge >= 0.3 is 12.5 Å². The van der Waals surface area contributed by atoms with Crippen LogP contribution in [0, 0.1) is 11.2 Å². The fraction of sp³-hybridized carbons (Fsp3) is 0.323.